The average Bonchev–Trinajstić information content (AvgIpc) is 2.54. The van der Waals surface area contributed by atoms with Crippen molar-refractivity contribution < 1.29 is 9.53 Å². The summed E-state index contributed by atoms with van der Waals surface area (Å²) in [6.07, 6.45) is 2.14. The summed E-state index contributed by atoms with van der Waals surface area (Å²) in [4.78, 5) is 17.8. The molecular weight excluding hydrogens is 405 g/mol. The first-order valence-electron chi connectivity index (χ1n) is 7.77. The second kappa shape index (κ2) is 13.2. The number of aliphatic imine (C=N–C) groups is 1. The Bertz CT molecular complexity index is 466. The molecule has 0 fully saturated rings. The summed E-state index contributed by atoms with van der Waals surface area (Å²) in [5.74, 6) is 0.738. The van der Waals surface area contributed by atoms with Crippen molar-refractivity contribution in [3.05, 3.63) is 35.9 Å². The Balaban J connectivity index is 0.00000484. The van der Waals surface area contributed by atoms with E-state index >= 15 is 0 Å². The van der Waals surface area contributed by atoms with Gasteiger partial charge in [-0.15, -0.1) is 24.0 Å². The van der Waals surface area contributed by atoms with Crippen LogP contribution in [0.25, 0.3) is 0 Å². The highest BCUT2D eigenvalue weighted by Gasteiger charge is 2.06. The molecule has 130 valence electrons. The molecule has 5 nitrogen and oxygen atoms in total. The number of halogens is 1. The van der Waals surface area contributed by atoms with Gasteiger partial charge < -0.3 is 15.0 Å². The maximum absolute atomic E-state index is 11.0. The number of benzene rings is 1. The third-order valence-corrected chi connectivity index (χ3v) is 3.24. The average molecular weight is 433 g/mol. The van der Waals surface area contributed by atoms with Crippen LogP contribution in [0.3, 0.4) is 0 Å². The summed E-state index contributed by atoms with van der Waals surface area (Å²) in [5, 5.41) is 3.30. The number of guanidine groups is 1. The Morgan fingerprint density at radius 2 is 1.96 bits per heavy atom. The highest BCUT2D eigenvalue weighted by Crippen LogP contribution is 2.03. The normalized spacial score (nSPS) is 10.7. The number of hydrogen-bond donors (Lipinski definition) is 1. The predicted octanol–water partition coefficient (Wildman–Crippen LogP) is 3.05. The van der Waals surface area contributed by atoms with Gasteiger partial charge in [0, 0.05) is 33.1 Å². The van der Waals surface area contributed by atoms with E-state index in [1.54, 1.807) is 0 Å². The fraction of sp³-hybridized carbons (Fsp3) is 0.529. The number of carbonyl (C=O) groups excluding carboxylic acids is 1. The largest absolute Gasteiger partial charge is 0.469 e. The zero-order valence-electron chi connectivity index (χ0n) is 14.2. The number of unbranched alkanes of at least 4 members (excludes halogenated alkanes) is 1. The predicted molar refractivity (Wildman–Crippen MR) is 105 cm³/mol. The van der Waals surface area contributed by atoms with E-state index in [0.29, 0.717) is 13.0 Å². The fourth-order valence-corrected chi connectivity index (χ4v) is 2.07. The van der Waals surface area contributed by atoms with Gasteiger partial charge in [-0.2, -0.15) is 0 Å². The molecule has 6 heteroatoms. The molecule has 0 aliphatic rings. The van der Waals surface area contributed by atoms with E-state index in [1.807, 2.05) is 25.2 Å². The van der Waals surface area contributed by atoms with Gasteiger partial charge in [-0.1, -0.05) is 30.3 Å². The molecule has 1 aromatic rings. The maximum atomic E-state index is 11.0. The molecule has 0 radical (unpaired) electrons. The molecule has 1 N–H and O–H groups in total. The lowest BCUT2D eigenvalue weighted by molar-refractivity contribution is -0.140. The maximum Gasteiger partial charge on any atom is 0.305 e. The van der Waals surface area contributed by atoms with Gasteiger partial charge in [0.1, 0.15) is 0 Å². The van der Waals surface area contributed by atoms with Crippen LogP contribution in [0.2, 0.25) is 0 Å². The van der Waals surface area contributed by atoms with Crippen LogP contribution in [-0.4, -0.2) is 44.1 Å². The molecular formula is C17H28IN3O2. The van der Waals surface area contributed by atoms with Crippen molar-refractivity contribution in [2.24, 2.45) is 4.99 Å². The van der Waals surface area contributed by atoms with E-state index in [-0.39, 0.29) is 29.9 Å². The van der Waals surface area contributed by atoms with Crippen molar-refractivity contribution in [2.75, 3.05) is 27.2 Å². The van der Waals surface area contributed by atoms with Crippen molar-refractivity contribution in [3.63, 3.8) is 0 Å². The van der Waals surface area contributed by atoms with Crippen molar-refractivity contribution in [3.8, 4) is 0 Å². The van der Waals surface area contributed by atoms with Crippen LogP contribution in [0.1, 0.15) is 31.7 Å². The molecule has 0 saturated heterocycles. The highest BCUT2D eigenvalue weighted by atomic mass is 127. The number of nitrogens with one attached hydrogen (secondary N) is 1. The zero-order chi connectivity index (χ0) is 16.2. The van der Waals surface area contributed by atoms with Crippen LogP contribution in [-0.2, 0) is 16.1 Å². The molecule has 0 bridgehead atoms. The number of esters is 1. The summed E-state index contributed by atoms with van der Waals surface area (Å²) >= 11 is 0. The molecule has 0 aliphatic heterocycles. The minimum Gasteiger partial charge on any atom is -0.469 e. The van der Waals surface area contributed by atoms with Crippen molar-refractivity contribution in [2.45, 2.75) is 32.7 Å². The van der Waals surface area contributed by atoms with Crippen LogP contribution in [0.15, 0.2) is 35.3 Å². The number of methoxy groups -OCH3 is 1. The Morgan fingerprint density at radius 1 is 1.26 bits per heavy atom. The topological polar surface area (TPSA) is 53.9 Å². The molecule has 23 heavy (non-hydrogen) atoms. The Hall–Kier alpha value is -1.31. The third kappa shape index (κ3) is 9.43. The van der Waals surface area contributed by atoms with Crippen LogP contribution in [0, 0.1) is 0 Å². The number of carbonyl (C=O) groups is 1. The highest BCUT2D eigenvalue weighted by molar-refractivity contribution is 14.0. The minimum atomic E-state index is -0.155. The Labute approximate surface area is 156 Å². The molecule has 0 atom stereocenters. The molecule has 0 heterocycles. The first-order valence-corrected chi connectivity index (χ1v) is 7.77. The van der Waals surface area contributed by atoms with E-state index in [1.165, 1.54) is 12.7 Å². The molecule has 0 amide bonds. The lowest BCUT2D eigenvalue weighted by Crippen LogP contribution is -2.38. The standard InChI is InChI=1S/C17H27N3O2.HI/c1-4-18-17(19-13-9-8-12-16(21)22-3)20(2)14-15-10-6-5-7-11-15;/h5-7,10-11H,4,8-9,12-14H2,1-3H3,(H,18,19);1H. The summed E-state index contributed by atoms with van der Waals surface area (Å²) < 4.78 is 4.63. The van der Waals surface area contributed by atoms with Crippen molar-refractivity contribution >= 4 is 35.9 Å². The first kappa shape index (κ1) is 21.7. The van der Waals surface area contributed by atoms with Gasteiger partial charge in [-0.3, -0.25) is 9.79 Å². The molecule has 0 aliphatic carbocycles. The van der Waals surface area contributed by atoms with Gasteiger partial charge in [0.05, 0.1) is 7.11 Å². The van der Waals surface area contributed by atoms with Crippen molar-refractivity contribution in [1.82, 2.24) is 10.2 Å². The van der Waals surface area contributed by atoms with E-state index in [0.717, 1.165) is 31.9 Å². The molecule has 1 rings (SSSR count). The van der Waals surface area contributed by atoms with Crippen LogP contribution in [0.5, 0.6) is 0 Å². The molecule has 0 unspecified atom stereocenters. The summed E-state index contributed by atoms with van der Waals surface area (Å²) in [6, 6.07) is 10.3. The van der Waals surface area contributed by atoms with E-state index < -0.39 is 0 Å². The van der Waals surface area contributed by atoms with Gasteiger partial charge in [0.15, 0.2) is 5.96 Å². The summed E-state index contributed by atoms with van der Waals surface area (Å²) in [6.45, 7) is 4.41. The lowest BCUT2D eigenvalue weighted by Gasteiger charge is -2.22. The van der Waals surface area contributed by atoms with E-state index in [2.05, 4.69) is 39.0 Å². The minimum absolute atomic E-state index is 0. The fourth-order valence-electron chi connectivity index (χ4n) is 2.07. The number of hydrogen-bond acceptors (Lipinski definition) is 3. The molecule has 1 aromatic carbocycles. The van der Waals surface area contributed by atoms with Gasteiger partial charge in [0.25, 0.3) is 0 Å². The lowest BCUT2D eigenvalue weighted by atomic mass is 10.2. The Morgan fingerprint density at radius 3 is 2.57 bits per heavy atom. The number of nitrogens with zero attached hydrogens (tertiary/aromatic N) is 2. The third-order valence-electron chi connectivity index (χ3n) is 3.24. The molecule has 0 saturated carbocycles. The SMILES string of the molecule is CCNC(=NCCCCC(=O)OC)N(C)Cc1ccccc1.I. The van der Waals surface area contributed by atoms with Crippen molar-refractivity contribution in [1.29, 1.82) is 0 Å². The first-order chi connectivity index (χ1) is 10.7. The molecule has 0 spiro atoms. The monoisotopic (exact) mass is 433 g/mol. The van der Waals surface area contributed by atoms with Gasteiger partial charge in [-0.25, -0.2) is 0 Å². The zero-order valence-corrected chi connectivity index (χ0v) is 16.6. The second-order valence-corrected chi connectivity index (χ2v) is 5.11. The quantitative estimate of drug-likeness (QED) is 0.225. The van der Waals surface area contributed by atoms with E-state index in [4.69, 9.17) is 0 Å². The van der Waals surface area contributed by atoms with Crippen LogP contribution in [0.4, 0.5) is 0 Å². The van der Waals surface area contributed by atoms with Gasteiger partial charge in [-0.05, 0) is 25.3 Å². The smallest absolute Gasteiger partial charge is 0.305 e. The summed E-state index contributed by atoms with van der Waals surface area (Å²) in [5.41, 5.74) is 1.25. The number of ether oxygens (including phenoxy) is 1. The molecule has 0 aromatic heterocycles. The van der Waals surface area contributed by atoms with E-state index in [9.17, 15) is 4.79 Å². The van der Waals surface area contributed by atoms with Gasteiger partial charge in [0.2, 0.25) is 0 Å². The van der Waals surface area contributed by atoms with Crippen LogP contribution >= 0.6 is 24.0 Å². The number of rotatable bonds is 8. The Kier molecular flexibility index (Phi) is 12.4. The van der Waals surface area contributed by atoms with Gasteiger partial charge >= 0.3 is 5.97 Å². The van der Waals surface area contributed by atoms with Crippen LogP contribution < -0.4 is 5.32 Å². The second-order valence-electron chi connectivity index (χ2n) is 5.11. The summed E-state index contributed by atoms with van der Waals surface area (Å²) in [7, 11) is 3.45.